The number of fused-ring (bicyclic) bond motifs is 1. The number of nitrogens with zero attached hydrogens (tertiary/aromatic N) is 4. The van der Waals surface area contributed by atoms with Gasteiger partial charge in [-0.3, -0.25) is 0 Å². The van der Waals surface area contributed by atoms with E-state index >= 15 is 0 Å². The third-order valence-corrected chi connectivity index (χ3v) is 5.45. The van der Waals surface area contributed by atoms with Crippen LogP contribution in [0.4, 0.5) is 10.2 Å². The van der Waals surface area contributed by atoms with E-state index in [0.717, 1.165) is 65.4 Å². The number of piperidine rings is 1. The van der Waals surface area contributed by atoms with E-state index < -0.39 is 0 Å². The number of anilines is 1. The van der Waals surface area contributed by atoms with Crippen LogP contribution in [0.25, 0.3) is 16.8 Å². The van der Waals surface area contributed by atoms with Crippen molar-refractivity contribution in [1.29, 1.82) is 0 Å². The van der Waals surface area contributed by atoms with Crippen LogP contribution in [0.15, 0.2) is 24.3 Å². The maximum atomic E-state index is 13.4. The summed E-state index contributed by atoms with van der Waals surface area (Å²) < 4.78 is 15.3. The molecule has 2 aromatic heterocycles. The molecule has 3 aromatic rings. The number of rotatable bonds is 3. The number of hydrogen-bond donors (Lipinski definition) is 1. The minimum Gasteiger partial charge on any atom is -0.391 e. The van der Waals surface area contributed by atoms with Crippen LogP contribution in [-0.4, -0.2) is 38.9 Å². The molecule has 1 aliphatic rings. The Bertz CT molecular complexity index is 980. The van der Waals surface area contributed by atoms with Crippen molar-refractivity contribution in [3.05, 3.63) is 47.0 Å². The van der Waals surface area contributed by atoms with Gasteiger partial charge in [0, 0.05) is 29.9 Å². The SMILES string of the molecule is CCc1nn2c(N3CCC[C@H](O)C3)c(C)c(C)nc2c1-c1ccc(F)cc1. The van der Waals surface area contributed by atoms with Gasteiger partial charge in [-0.05, 0) is 50.8 Å². The molecule has 0 saturated carbocycles. The number of aliphatic hydroxyl groups is 1. The molecule has 0 aliphatic carbocycles. The fourth-order valence-corrected chi connectivity index (χ4v) is 3.95. The lowest BCUT2D eigenvalue weighted by Gasteiger charge is -2.33. The van der Waals surface area contributed by atoms with Crippen molar-refractivity contribution in [3.8, 4) is 11.1 Å². The summed E-state index contributed by atoms with van der Waals surface area (Å²) in [5, 5.41) is 15.0. The van der Waals surface area contributed by atoms with Crippen molar-refractivity contribution in [2.24, 2.45) is 0 Å². The van der Waals surface area contributed by atoms with Crippen LogP contribution in [0.1, 0.15) is 36.7 Å². The molecule has 0 spiro atoms. The summed E-state index contributed by atoms with van der Waals surface area (Å²) >= 11 is 0. The molecule has 27 heavy (non-hydrogen) atoms. The molecular weight excluding hydrogens is 343 g/mol. The molecule has 0 unspecified atom stereocenters. The van der Waals surface area contributed by atoms with E-state index in [2.05, 4.69) is 18.7 Å². The molecule has 1 N–H and O–H groups in total. The van der Waals surface area contributed by atoms with Crippen molar-refractivity contribution in [3.63, 3.8) is 0 Å². The first-order valence-electron chi connectivity index (χ1n) is 9.57. The third-order valence-electron chi connectivity index (χ3n) is 5.45. The van der Waals surface area contributed by atoms with Crippen LogP contribution >= 0.6 is 0 Å². The highest BCUT2D eigenvalue weighted by atomic mass is 19.1. The van der Waals surface area contributed by atoms with Crippen LogP contribution in [0.5, 0.6) is 0 Å². The lowest BCUT2D eigenvalue weighted by atomic mass is 10.0. The van der Waals surface area contributed by atoms with E-state index in [1.807, 2.05) is 11.4 Å². The second kappa shape index (κ2) is 6.93. The molecule has 0 bridgehead atoms. The van der Waals surface area contributed by atoms with Crippen LogP contribution in [0.3, 0.4) is 0 Å². The number of aryl methyl sites for hydroxylation is 2. The highest BCUT2D eigenvalue weighted by Crippen LogP contribution is 2.33. The highest BCUT2D eigenvalue weighted by molar-refractivity contribution is 5.81. The normalized spacial score (nSPS) is 17.7. The number of hydrogen-bond acceptors (Lipinski definition) is 4. The van der Waals surface area contributed by atoms with E-state index in [1.54, 1.807) is 12.1 Å². The number of aliphatic hydroxyl groups excluding tert-OH is 1. The van der Waals surface area contributed by atoms with Crippen LogP contribution in [0.2, 0.25) is 0 Å². The predicted octanol–water partition coefficient (Wildman–Crippen LogP) is 3.68. The van der Waals surface area contributed by atoms with Crippen molar-refractivity contribution in [1.82, 2.24) is 14.6 Å². The quantitative estimate of drug-likeness (QED) is 0.766. The Morgan fingerprint density at radius 2 is 1.96 bits per heavy atom. The van der Waals surface area contributed by atoms with E-state index in [9.17, 15) is 9.50 Å². The minimum absolute atomic E-state index is 0.253. The van der Waals surface area contributed by atoms with Crippen molar-refractivity contribution < 1.29 is 9.50 Å². The van der Waals surface area contributed by atoms with Gasteiger partial charge in [0.25, 0.3) is 0 Å². The molecule has 0 amide bonds. The molecule has 1 atom stereocenters. The summed E-state index contributed by atoms with van der Waals surface area (Å²) in [5.41, 5.74) is 5.63. The largest absolute Gasteiger partial charge is 0.391 e. The number of β-amino-alcohol motifs (C(OH)–C–C–N with tert-alkyl or cyclic N) is 1. The summed E-state index contributed by atoms with van der Waals surface area (Å²) in [4.78, 5) is 7.05. The Morgan fingerprint density at radius 3 is 2.63 bits per heavy atom. The fourth-order valence-electron chi connectivity index (χ4n) is 3.95. The Balaban J connectivity index is 1.97. The minimum atomic E-state index is -0.320. The Hall–Kier alpha value is -2.47. The van der Waals surface area contributed by atoms with Crippen molar-refractivity contribution in [2.75, 3.05) is 18.0 Å². The summed E-state index contributed by atoms with van der Waals surface area (Å²) in [6.45, 7) is 7.63. The first kappa shape index (κ1) is 17.9. The van der Waals surface area contributed by atoms with E-state index in [-0.39, 0.29) is 11.9 Å². The number of halogens is 1. The summed E-state index contributed by atoms with van der Waals surface area (Å²) in [5.74, 6) is 0.746. The average molecular weight is 368 g/mol. The van der Waals surface area contributed by atoms with E-state index in [1.165, 1.54) is 12.1 Å². The molecule has 4 rings (SSSR count). The maximum absolute atomic E-state index is 13.4. The van der Waals surface area contributed by atoms with Crippen LogP contribution in [-0.2, 0) is 6.42 Å². The molecule has 1 aromatic carbocycles. The fraction of sp³-hybridized carbons (Fsp3) is 0.429. The Morgan fingerprint density at radius 1 is 1.22 bits per heavy atom. The Kier molecular flexibility index (Phi) is 4.60. The molecule has 1 aliphatic heterocycles. The maximum Gasteiger partial charge on any atom is 0.165 e. The second-order valence-electron chi connectivity index (χ2n) is 7.31. The first-order valence-corrected chi connectivity index (χ1v) is 9.57. The molecule has 0 radical (unpaired) electrons. The smallest absolute Gasteiger partial charge is 0.165 e. The lowest BCUT2D eigenvalue weighted by molar-refractivity contribution is 0.153. The van der Waals surface area contributed by atoms with Crippen LogP contribution < -0.4 is 4.90 Å². The van der Waals surface area contributed by atoms with Crippen molar-refractivity contribution >= 4 is 11.5 Å². The number of aromatic nitrogens is 3. The van der Waals surface area contributed by atoms with E-state index in [4.69, 9.17) is 10.1 Å². The average Bonchev–Trinajstić information content (AvgIpc) is 3.01. The van der Waals surface area contributed by atoms with Gasteiger partial charge in [-0.15, -0.1) is 0 Å². The summed E-state index contributed by atoms with van der Waals surface area (Å²) in [6.07, 6.45) is 2.23. The summed E-state index contributed by atoms with van der Waals surface area (Å²) in [7, 11) is 0. The van der Waals surface area contributed by atoms with Crippen LogP contribution in [0, 0.1) is 19.7 Å². The Labute approximate surface area is 158 Å². The van der Waals surface area contributed by atoms with Gasteiger partial charge in [0.05, 0.1) is 11.8 Å². The molecule has 1 fully saturated rings. The van der Waals surface area contributed by atoms with Crippen molar-refractivity contribution in [2.45, 2.75) is 46.1 Å². The third kappa shape index (κ3) is 3.08. The molecule has 5 nitrogen and oxygen atoms in total. The van der Waals surface area contributed by atoms with Gasteiger partial charge >= 0.3 is 0 Å². The van der Waals surface area contributed by atoms with Gasteiger partial charge in [0.1, 0.15) is 11.6 Å². The molecule has 1 saturated heterocycles. The molecule has 3 heterocycles. The van der Waals surface area contributed by atoms with Gasteiger partial charge in [0.2, 0.25) is 0 Å². The first-order chi connectivity index (χ1) is 13.0. The standard InChI is InChI=1S/C21H25FN4O/c1-4-18-19(15-7-9-16(22)10-8-15)20-23-14(3)13(2)21(26(20)24-18)25-11-5-6-17(27)12-25/h7-10,17,27H,4-6,11-12H2,1-3H3/t17-/m0/s1. The highest BCUT2D eigenvalue weighted by Gasteiger charge is 2.25. The summed E-state index contributed by atoms with van der Waals surface area (Å²) in [6, 6.07) is 6.52. The van der Waals surface area contributed by atoms with Gasteiger partial charge in [-0.25, -0.2) is 9.37 Å². The monoisotopic (exact) mass is 368 g/mol. The number of benzene rings is 1. The predicted molar refractivity (Wildman–Crippen MR) is 105 cm³/mol. The zero-order valence-corrected chi connectivity index (χ0v) is 16.0. The van der Waals surface area contributed by atoms with Gasteiger partial charge in [-0.1, -0.05) is 19.1 Å². The van der Waals surface area contributed by atoms with Gasteiger partial charge in [0.15, 0.2) is 5.65 Å². The zero-order chi connectivity index (χ0) is 19.1. The zero-order valence-electron chi connectivity index (χ0n) is 16.0. The lowest BCUT2D eigenvalue weighted by Crippen LogP contribution is -2.40. The van der Waals surface area contributed by atoms with Gasteiger partial charge in [-0.2, -0.15) is 9.61 Å². The molecular formula is C21H25FN4O. The van der Waals surface area contributed by atoms with Gasteiger partial charge < -0.3 is 10.0 Å². The second-order valence-corrected chi connectivity index (χ2v) is 7.31. The topological polar surface area (TPSA) is 53.7 Å². The molecule has 6 heteroatoms. The van der Waals surface area contributed by atoms with E-state index in [0.29, 0.717) is 6.54 Å². The molecule has 142 valence electrons.